The van der Waals surface area contributed by atoms with Crippen molar-refractivity contribution in [1.29, 1.82) is 0 Å². The number of carbonyl (C=O) groups is 2. The Morgan fingerprint density at radius 3 is 2.51 bits per heavy atom. The Hall–Kier alpha value is -4.09. The number of aromatic nitrogens is 4. The van der Waals surface area contributed by atoms with Crippen LogP contribution >= 0.6 is 23.4 Å². The van der Waals surface area contributed by atoms with Crippen LogP contribution < -0.4 is 15.0 Å². The standard InChI is InChI=1S/C27H26ClN7O3S/c1-38-24-8-3-2-7-23(24)35-27(30-31-32-35)39-18-25(36)29-21-9-11-22(12-10-21)33-13-15-34(16-14-33)26(37)19-5-4-6-20(28)17-19/h2-12,17H,13-16,18H2,1H3,(H,29,36). The van der Waals surface area contributed by atoms with Crippen LogP contribution in [0.5, 0.6) is 5.75 Å². The Morgan fingerprint density at radius 1 is 1.00 bits per heavy atom. The van der Waals surface area contributed by atoms with Gasteiger partial charge >= 0.3 is 0 Å². The summed E-state index contributed by atoms with van der Waals surface area (Å²) in [6.45, 7) is 2.68. The number of nitrogens with zero attached hydrogens (tertiary/aromatic N) is 6. The number of para-hydroxylation sites is 2. The summed E-state index contributed by atoms with van der Waals surface area (Å²) in [6, 6.07) is 22.1. The van der Waals surface area contributed by atoms with E-state index in [2.05, 4.69) is 25.7 Å². The molecule has 4 aromatic rings. The number of rotatable bonds is 8. The summed E-state index contributed by atoms with van der Waals surface area (Å²) in [5, 5.41) is 15.8. The number of hydrogen-bond acceptors (Lipinski definition) is 8. The normalized spacial score (nSPS) is 13.3. The minimum Gasteiger partial charge on any atom is -0.494 e. The van der Waals surface area contributed by atoms with E-state index in [1.54, 1.807) is 36.1 Å². The molecule has 0 saturated carbocycles. The van der Waals surface area contributed by atoms with E-state index in [0.717, 1.165) is 18.8 Å². The summed E-state index contributed by atoms with van der Waals surface area (Å²) in [6.07, 6.45) is 0. The topological polar surface area (TPSA) is 105 Å². The first-order valence-electron chi connectivity index (χ1n) is 12.3. The lowest BCUT2D eigenvalue weighted by Crippen LogP contribution is -2.48. The van der Waals surface area contributed by atoms with E-state index in [1.807, 2.05) is 53.4 Å². The summed E-state index contributed by atoms with van der Waals surface area (Å²) in [5.74, 6) is 0.589. The number of tetrazole rings is 1. The van der Waals surface area contributed by atoms with Gasteiger partial charge in [-0.1, -0.05) is 41.6 Å². The second-order valence-corrected chi connectivity index (χ2v) is 10.1. The molecule has 1 aliphatic heterocycles. The lowest BCUT2D eigenvalue weighted by molar-refractivity contribution is -0.113. The predicted molar refractivity (Wildman–Crippen MR) is 151 cm³/mol. The van der Waals surface area contributed by atoms with Gasteiger partial charge in [0, 0.05) is 48.1 Å². The first-order chi connectivity index (χ1) is 19.0. The third-order valence-corrected chi connectivity index (χ3v) is 7.40. The van der Waals surface area contributed by atoms with Gasteiger partial charge in [0.25, 0.3) is 5.91 Å². The summed E-state index contributed by atoms with van der Waals surface area (Å²) in [7, 11) is 1.58. The van der Waals surface area contributed by atoms with Crippen molar-refractivity contribution in [3.8, 4) is 11.4 Å². The molecule has 0 radical (unpaired) electrons. The zero-order valence-corrected chi connectivity index (χ0v) is 22.7. The van der Waals surface area contributed by atoms with Crippen LogP contribution in [0, 0.1) is 0 Å². The second kappa shape index (κ2) is 12.2. The van der Waals surface area contributed by atoms with Gasteiger partial charge in [0.1, 0.15) is 11.4 Å². The zero-order valence-electron chi connectivity index (χ0n) is 21.2. The Balaban J connectivity index is 1.12. The van der Waals surface area contributed by atoms with Crippen LogP contribution in [0.15, 0.2) is 78.0 Å². The first kappa shape index (κ1) is 26.5. The van der Waals surface area contributed by atoms with E-state index >= 15 is 0 Å². The highest BCUT2D eigenvalue weighted by atomic mass is 35.5. The summed E-state index contributed by atoms with van der Waals surface area (Å²) in [4.78, 5) is 29.5. The highest BCUT2D eigenvalue weighted by molar-refractivity contribution is 7.99. The van der Waals surface area contributed by atoms with Crippen LogP contribution in [-0.2, 0) is 4.79 Å². The number of amides is 2. The first-order valence-corrected chi connectivity index (χ1v) is 13.6. The van der Waals surface area contributed by atoms with Gasteiger partial charge in [-0.3, -0.25) is 9.59 Å². The fourth-order valence-electron chi connectivity index (χ4n) is 4.28. The molecular weight excluding hydrogens is 538 g/mol. The quantitative estimate of drug-likeness (QED) is 0.321. The van der Waals surface area contributed by atoms with Crippen molar-refractivity contribution < 1.29 is 14.3 Å². The van der Waals surface area contributed by atoms with Crippen LogP contribution in [0.25, 0.3) is 5.69 Å². The van der Waals surface area contributed by atoms with Gasteiger partial charge in [-0.15, -0.1) is 5.10 Å². The summed E-state index contributed by atoms with van der Waals surface area (Å²) < 4.78 is 6.94. The average molecular weight is 564 g/mol. The number of benzene rings is 3. The molecule has 1 fully saturated rings. The van der Waals surface area contributed by atoms with Gasteiger partial charge in [-0.2, -0.15) is 4.68 Å². The Morgan fingerprint density at radius 2 is 1.77 bits per heavy atom. The van der Waals surface area contributed by atoms with Crippen molar-refractivity contribution in [3.63, 3.8) is 0 Å². The van der Waals surface area contributed by atoms with Crippen LogP contribution in [0.4, 0.5) is 11.4 Å². The number of piperazine rings is 1. The molecule has 0 bridgehead atoms. The lowest BCUT2D eigenvalue weighted by atomic mass is 10.1. The molecule has 5 rings (SSSR count). The Kier molecular flexibility index (Phi) is 8.28. The molecule has 12 heteroatoms. The second-order valence-electron chi connectivity index (χ2n) is 8.72. The molecule has 2 heterocycles. The van der Waals surface area contributed by atoms with Crippen molar-refractivity contribution in [2.45, 2.75) is 5.16 Å². The van der Waals surface area contributed by atoms with E-state index in [0.29, 0.717) is 46.0 Å². The number of anilines is 2. The third-order valence-electron chi connectivity index (χ3n) is 6.24. The number of hydrogen-bond donors (Lipinski definition) is 1. The molecule has 3 aromatic carbocycles. The Labute approximate surface area is 234 Å². The Bertz CT molecular complexity index is 1460. The highest BCUT2D eigenvalue weighted by Crippen LogP contribution is 2.26. The molecule has 1 aromatic heterocycles. The number of nitrogens with one attached hydrogen (secondary N) is 1. The van der Waals surface area contributed by atoms with Crippen molar-refractivity contribution in [3.05, 3.63) is 83.4 Å². The van der Waals surface area contributed by atoms with Gasteiger partial charge < -0.3 is 19.9 Å². The minimum atomic E-state index is -0.171. The smallest absolute Gasteiger partial charge is 0.254 e. The van der Waals surface area contributed by atoms with Crippen molar-refractivity contribution in [2.24, 2.45) is 0 Å². The van der Waals surface area contributed by atoms with Crippen LogP contribution in [0.1, 0.15) is 10.4 Å². The van der Waals surface area contributed by atoms with Crippen molar-refractivity contribution in [1.82, 2.24) is 25.1 Å². The van der Waals surface area contributed by atoms with Crippen molar-refractivity contribution >= 4 is 46.6 Å². The van der Waals surface area contributed by atoms with E-state index < -0.39 is 0 Å². The largest absolute Gasteiger partial charge is 0.494 e. The minimum absolute atomic E-state index is 0.00924. The van der Waals surface area contributed by atoms with Crippen LogP contribution in [0.3, 0.4) is 0 Å². The molecule has 0 unspecified atom stereocenters. The lowest BCUT2D eigenvalue weighted by Gasteiger charge is -2.36. The predicted octanol–water partition coefficient (Wildman–Crippen LogP) is 4.02. The number of thioether (sulfide) groups is 1. The number of ether oxygens (including phenoxy) is 1. The van der Waals surface area contributed by atoms with Gasteiger partial charge in [0.15, 0.2) is 0 Å². The van der Waals surface area contributed by atoms with Crippen LogP contribution in [0.2, 0.25) is 5.02 Å². The van der Waals surface area contributed by atoms with E-state index in [9.17, 15) is 9.59 Å². The molecule has 1 N–H and O–H groups in total. The SMILES string of the molecule is COc1ccccc1-n1nnnc1SCC(=O)Nc1ccc(N2CCN(C(=O)c3cccc(Cl)c3)CC2)cc1. The molecule has 2 amide bonds. The molecular formula is C27H26ClN7O3S. The molecule has 39 heavy (non-hydrogen) atoms. The summed E-state index contributed by atoms with van der Waals surface area (Å²) in [5.41, 5.74) is 3.03. The van der Waals surface area contributed by atoms with Crippen LogP contribution in [-0.4, -0.2) is 76.0 Å². The molecule has 0 spiro atoms. The molecule has 200 valence electrons. The number of methoxy groups -OCH3 is 1. The fraction of sp³-hybridized carbons (Fsp3) is 0.222. The maximum atomic E-state index is 12.8. The third kappa shape index (κ3) is 6.32. The molecule has 0 aliphatic carbocycles. The van der Waals surface area contributed by atoms with E-state index in [-0.39, 0.29) is 17.6 Å². The van der Waals surface area contributed by atoms with Crippen molar-refractivity contribution in [2.75, 3.05) is 49.3 Å². The number of carbonyl (C=O) groups excluding carboxylic acids is 2. The van der Waals surface area contributed by atoms with E-state index in [1.165, 1.54) is 11.8 Å². The number of halogens is 1. The highest BCUT2D eigenvalue weighted by Gasteiger charge is 2.22. The molecule has 10 nitrogen and oxygen atoms in total. The maximum Gasteiger partial charge on any atom is 0.254 e. The van der Waals surface area contributed by atoms with E-state index in [4.69, 9.17) is 16.3 Å². The average Bonchev–Trinajstić information content (AvgIpc) is 3.45. The maximum absolute atomic E-state index is 12.8. The molecule has 1 saturated heterocycles. The summed E-state index contributed by atoms with van der Waals surface area (Å²) >= 11 is 7.27. The monoisotopic (exact) mass is 563 g/mol. The van der Waals surface area contributed by atoms with Gasteiger partial charge in [0.2, 0.25) is 11.1 Å². The molecule has 1 aliphatic rings. The van der Waals surface area contributed by atoms with Gasteiger partial charge in [-0.25, -0.2) is 0 Å². The molecule has 0 atom stereocenters. The van der Waals surface area contributed by atoms with Gasteiger partial charge in [-0.05, 0) is 65.0 Å². The zero-order chi connectivity index (χ0) is 27.2. The fourth-order valence-corrected chi connectivity index (χ4v) is 5.15. The van der Waals surface area contributed by atoms with Gasteiger partial charge in [0.05, 0.1) is 12.9 Å².